The number of methoxy groups -OCH3 is 1. The summed E-state index contributed by atoms with van der Waals surface area (Å²) in [4.78, 5) is 23.6. The molecule has 2 aromatic carbocycles. The molecule has 196 valence electrons. The number of rotatable bonds is 6. The lowest BCUT2D eigenvalue weighted by Gasteiger charge is -2.44. The Morgan fingerprint density at radius 2 is 1.97 bits per heavy atom. The van der Waals surface area contributed by atoms with Gasteiger partial charge >= 0.3 is 0 Å². The first-order valence-corrected chi connectivity index (χ1v) is 14.0. The van der Waals surface area contributed by atoms with Crippen molar-refractivity contribution >= 4 is 11.7 Å². The molecule has 6 rings (SSSR count). The smallest absolute Gasteiger partial charge is 0.229 e. The van der Waals surface area contributed by atoms with Gasteiger partial charge in [0.15, 0.2) is 5.82 Å². The molecule has 2 bridgehead atoms. The number of aromatic nitrogens is 2. The highest BCUT2D eigenvalue weighted by Crippen LogP contribution is 2.51. The lowest BCUT2D eigenvalue weighted by Crippen LogP contribution is -2.34. The molecule has 1 saturated carbocycles. The minimum Gasteiger partial charge on any atom is -0.497 e. The molecule has 0 spiro atoms. The summed E-state index contributed by atoms with van der Waals surface area (Å²) in [5.41, 5.74) is 9.24. The van der Waals surface area contributed by atoms with Crippen LogP contribution >= 0.6 is 0 Å². The number of aryl methyl sites for hydroxylation is 3. The molecule has 0 radical (unpaired) electrons. The van der Waals surface area contributed by atoms with Crippen LogP contribution < -0.4 is 10.1 Å². The van der Waals surface area contributed by atoms with Crippen molar-refractivity contribution in [2.45, 2.75) is 71.6 Å². The van der Waals surface area contributed by atoms with Gasteiger partial charge in [0.1, 0.15) is 5.75 Å². The molecule has 1 aromatic heterocycles. The molecule has 1 fully saturated rings. The van der Waals surface area contributed by atoms with E-state index in [0.29, 0.717) is 18.2 Å². The number of carbonyl (C=O) groups excluding carboxylic acids is 1. The number of allylic oxidation sites excluding steroid dienone is 2. The Hall–Kier alpha value is -3.47. The monoisotopic (exact) mass is 507 g/mol. The summed E-state index contributed by atoms with van der Waals surface area (Å²) in [7, 11) is 1.71. The van der Waals surface area contributed by atoms with Crippen LogP contribution in [-0.2, 0) is 30.5 Å². The molecule has 3 aliphatic carbocycles. The van der Waals surface area contributed by atoms with E-state index in [1.807, 2.05) is 18.2 Å². The van der Waals surface area contributed by atoms with E-state index in [2.05, 4.69) is 49.5 Å². The molecule has 5 nitrogen and oxygen atoms in total. The third-order valence-corrected chi connectivity index (χ3v) is 8.63. The molecule has 2 unspecified atom stereocenters. The summed E-state index contributed by atoms with van der Waals surface area (Å²) >= 11 is 0. The van der Waals surface area contributed by atoms with E-state index in [0.717, 1.165) is 66.1 Å². The number of hydrogen-bond donors (Lipinski definition) is 1. The SMILES string of the molecule is COc1ccc2c(c1)CCc1nc(NC(=O)Cc3ccc(C)cc3)c(CC34CCC=C(CC(C)C3)C4)nc1-2. The molecule has 3 aliphatic rings. The molecule has 38 heavy (non-hydrogen) atoms. The van der Waals surface area contributed by atoms with Gasteiger partial charge < -0.3 is 10.1 Å². The second-order valence-corrected chi connectivity index (χ2v) is 11.8. The van der Waals surface area contributed by atoms with Crippen LogP contribution in [0.2, 0.25) is 0 Å². The standard InChI is InChI=1S/C33H37N3O2/c1-21-6-8-23(9-7-21)16-30(37)36-32-29(20-33-14-4-5-24(19-33)15-22(2)18-33)34-31-27-12-11-26(38-3)17-25(27)10-13-28(31)35-32/h5-9,11-12,17,22H,4,10,13-16,18-20H2,1-3H3,(H,35,36,37). The molecular weight excluding hydrogens is 470 g/mol. The van der Waals surface area contributed by atoms with Gasteiger partial charge in [-0.1, -0.05) is 48.4 Å². The Kier molecular flexibility index (Phi) is 6.55. The van der Waals surface area contributed by atoms with Gasteiger partial charge in [0.05, 0.1) is 30.6 Å². The lowest BCUT2D eigenvalue weighted by molar-refractivity contribution is -0.115. The van der Waals surface area contributed by atoms with Gasteiger partial charge in [-0.2, -0.15) is 0 Å². The number of carbonyl (C=O) groups is 1. The summed E-state index contributed by atoms with van der Waals surface area (Å²) in [6, 6.07) is 14.4. The quantitative estimate of drug-likeness (QED) is 0.372. The van der Waals surface area contributed by atoms with Crippen molar-refractivity contribution in [1.82, 2.24) is 9.97 Å². The summed E-state index contributed by atoms with van der Waals surface area (Å²) in [6.07, 6.45) is 11.2. The summed E-state index contributed by atoms with van der Waals surface area (Å²) < 4.78 is 5.48. The summed E-state index contributed by atoms with van der Waals surface area (Å²) in [6.45, 7) is 4.43. The molecule has 1 N–H and O–H groups in total. The van der Waals surface area contributed by atoms with E-state index in [-0.39, 0.29) is 11.3 Å². The van der Waals surface area contributed by atoms with E-state index in [9.17, 15) is 4.79 Å². The molecule has 3 aromatic rings. The van der Waals surface area contributed by atoms with Crippen LogP contribution in [0, 0.1) is 18.3 Å². The van der Waals surface area contributed by atoms with Gasteiger partial charge in [0.2, 0.25) is 5.91 Å². The molecule has 5 heteroatoms. The van der Waals surface area contributed by atoms with Crippen molar-refractivity contribution in [3.05, 3.63) is 82.2 Å². The molecular formula is C33H37N3O2. The van der Waals surface area contributed by atoms with Crippen molar-refractivity contribution in [2.75, 3.05) is 12.4 Å². The average molecular weight is 508 g/mol. The maximum atomic E-state index is 13.2. The van der Waals surface area contributed by atoms with Gasteiger partial charge in [0, 0.05) is 5.56 Å². The van der Waals surface area contributed by atoms with E-state index in [4.69, 9.17) is 14.7 Å². The number of amides is 1. The van der Waals surface area contributed by atoms with Crippen LogP contribution in [0.1, 0.15) is 67.1 Å². The molecule has 1 heterocycles. The van der Waals surface area contributed by atoms with E-state index in [1.165, 1.54) is 30.4 Å². The average Bonchev–Trinajstić information content (AvgIpc) is 2.89. The molecule has 1 amide bonds. The van der Waals surface area contributed by atoms with Crippen molar-refractivity contribution in [2.24, 2.45) is 11.3 Å². The maximum absolute atomic E-state index is 13.2. The predicted octanol–water partition coefficient (Wildman–Crippen LogP) is 6.81. The van der Waals surface area contributed by atoms with Crippen LogP contribution in [0.4, 0.5) is 5.82 Å². The van der Waals surface area contributed by atoms with Crippen molar-refractivity contribution in [3.63, 3.8) is 0 Å². The highest BCUT2D eigenvalue weighted by Gasteiger charge is 2.40. The van der Waals surface area contributed by atoms with Crippen LogP contribution in [0.3, 0.4) is 0 Å². The number of ether oxygens (including phenoxy) is 1. The predicted molar refractivity (Wildman–Crippen MR) is 151 cm³/mol. The van der Waals surface area contributed by atoms with Gasteiger partial charge in [-0.15, -0.1) is 0 Å². The third kappa shape index (κ3) is 4.99. The zero-order valence-corrected chi connectivity index (χ0v) is 22.8. The largest absolute Gasteiger partial charge is 0.497 e. The number of fused-ring (bicyclic) bond motifs is 5. The van der Waals surface area contributed by atoms with Gasteiger partial charge in [-0.05, 0) is 98.9 Å². The highest BCUT2D eigenvalue weighted by atomic mass is 16.5. The molecule has 2 atom stereocenters. The van der Waals surface area contributed by atoms with E-state index in [1.54, 1.807) is 12.7 Å². The van der Waals surface area contributed by atoms with Crippen LogP contribution in [0.5, 0.6) is 5.75 Å². The number of hydrogen-bond acceptors (Lipinski definition) is 4. The fraction of sp³-hybridized carbons (Fsp3) is 0.424. The lowest BCUT2D eigenvalue weighted by atomic mass is 9.61. The number of benzene rings is 2. The molecule has 0 aliphatic heterocycles. The van der Waals surface area contributed by atoms with Crippen LogP contribution in [-0.4, -0.2) is 23.0 Å². The van der Waals surface area contributed by atoms with E-state index < -0.39 is 0 Å². The van der Waals surface area contributed by atoms with Crippen molar-refractivity contribution < 1.29 is 9.53 Å². The topological polar surface area (TPSA) is 64.1 Å². The highest BCUT2D eigenvalue weighted by molar-refractivity contribution is 5.92. The second kappa shape index (κ2) is 10.0. The minimum absolute atomic E-state index is 0.0379. The Labute approximate surface area is 225 Å². The summed E-state index contributed by atoms with van der Waals surface area (Å²) in [5, 5.41) is 3.19. The molecule has 0 saturated heterocycles. The van der Waals surface area contributed by atoms with Crippen molar-refractivity contribution in [3.8, 4) is 17.0 Å². The van der Waals surface area contributed by atoms with Crippen molar-refractivity contribution in [1.29, 1.82) is 0 Å². The maximum Gasteiger partial charge on any atom is 0.229 e. The van der Waals surface area contributed by atoms with Gasteiger partial charge in [-0.25, -0.2) is 9.97 Å². The van der Waals surface area contributed by atoms with E-state index >= 15 is 0 Å². The summed E-state index contributed by atoms with van der Waals surface area (Å²) in [5.74, 6) is 2.16. The normalized spacial score (nSPS) is 21.7. The number of anilines is 1. The van der Waals surface area contributed by atoms with Crippen LogP contribution in [0.15, 0.2) is 54.1 Å². The Morgan fingerprint density at radius 1 is 1.13 bits per heavy atom. The van der Waals surface area contributed by atoms with Crippen LogP contribution in [0.25, 0.3) is 11.3 Å². The zero-order chi connectivity index (χ0) is 26.3. The zero-order valence-electron chi connectivity index (χ0n) is 22.8. The second-order valence-electron chi connectivity index (χ2n) is 11.8. The number of nitrogens with zero attached hydrogens (tertiary/aromatic N) is 2. The first-order chi connectivity index (χ1) is 18.4. The Morgan fingerprint density at radius 3 is 2.79 bits per heavy atom. The fourth-order valence-corrected chi connectivity index (χ4v) is 6.97. The third-order valence-electron chi connectivity index (χ3n) is 8.63. The van der Waals surface area contributed by atoms with Gasteiger partial charge in [0.25, 0.3) is 0 Å². The Bertz CT molecular complexity index is 1410. The first kappa shape index (κ1) is 24.8. The number of nitrogens with one attached hydrogen (secondary N) is 1. The van der Waals surface area contributed by atoms with Gasteiger partial charge in [-0.3, -0.25) is 4.79 Å². The fourth-order valence-electron chi connectivity index (χ4n) is 6.97. The minimum atomic E-state index is -0.0379. The first-order valence-electron chi connectivity index (χ1n) is 14.0. The Balaban J connectivity index is 1.36.